The highest BCUT2D eigenvalue weighted by Gasteiger charge is 2.30. The van der Waals surface area contributed by atoms with E-state index in [1.54, 1.807) is 6.20 Å². The van der Waals surface area contributed by atoms with Gasteiger partial charge in [-0.1, -0.05) is 6.92 Å². The van der Waals surface area contributed by atoms with E-state index >= 15 is 0 Å². The molecule has 2 aliphatic rings. The third-order valence-electron chi connectivity index (χ3n) is 4.51. The Balaban J connectivity index is 1.86. The van der Waals surface area contributed by atoms with E-state index in [9.17, 15) is 4.79 Å². The molecule has 1 aliphatic carbocycles. The summed E-state index contributed by atoms with van der Waals surface area (Å²) in [6.45, 7) is 4.69. The molecule has 2 fully saturated rings. The van der Waals surface area contributed by atoms with E-state index in [4.69, 9.17) is 5.73 Å². The zero-order chi connectivity index (χ0) is 13.4. The number of piperidine rings is 1. The van der Waals surface area contributed by atoms with Crippen LogP contribution in [0.3, 0.4) is 0 Å². The van der Waals surface area contributed by atoms with Crippen molar-refractivity contribution in [2.45, 2.75) is 32.2 Å². The van der Waals surface area contributed by atoms with Gasteiger partial charge in [0.1, 0.15) is 0 Å². The summed E-state index contributed by atoms with van der Waals surface area (Å²) in [6, 6.07) is 0.406. The summed E-state index contributed by atoms with van der Waals surface area (Å²) in [6.07, 6.45) is 6.89. The van der Waals surface area contributed by atoms with Crippen LogP contribution >= 0.6 is 0 Å². The Hall–Kier alpha value is -1.36. The van der Waals surface area contributed by atoms with Crippen LogP contribution < -0.4 is 16.2 Å². The molecule has 2 heterocycles. The first-order valence-electron chi connectivity index (χ1n) is 7.23. The van der Waals surface area contributed by atoms with Crippen molar-refractivity contribution in [2.24, 2.45) is 17.6 Å². The first-order valence-corrected chi connectivity index (χ1v) is 7.23. The van der Waals surface area contributed by atoms with Crippen molar-refractivity contribution in [3.8, 4) is 0 Å². The van der Waals surface area contributed by atoms with Gasteiger partial charge in [0.15, 0.2) is 5.82 Å². The molecule has 19 heavy (non-hydrogen) atoms. The summed E-state index contributed by atoms with van der Waals surface area (Å²) in [4.78, 5) is 18.9. The number of nitrogens with two attached hydrogens (primary N) is 1. The molecular formula is C14H22N4O. The number of nitrogens with zero attached hydrogens (tertiary/aromatic N) is 3. The summed E-state index contributed by atoms with van der Waals surface area (Å²) in [7, 11) is 0. The lowest BCUT2D eigenvalue weighted by Gasteiger charge is -2.36. The lowest BCUT2D eigenvalue weighted by Crippen LogP contribution is -2.45. The van der Waals surface area contributed by atoms with Gasteiger partial charge in [-0.25, -0.2) is 4.98 Å². The van der Waals surface area contributed by atoms with Crippen molar-refractivity contribution in [1.29, 1.82) is 0 Å². The monoisotopic (exact) mass is 262 g/mol. The summed E-state index contributed by atoms with van der Waals surface area (Å²) in [5.74, 6) is 1.71. The van der Waals surface area contributed by atoms with E-state index in [2.05, 4.69) is 16.8 Å². The zero-order valence-corrected chi connectivity index (χ0v) is 11.5. The Morgan fingerprint density at radius 3 is 2.89 bits per heavy atom. The molecular weight excluding hydrogens is 240 g/mol. The quantitative estimate of drug-likeness (QED) is 0.882. The van der Waals surface area contributed by atoms with Gasteiger partial charge in [-0.2, -0.15) is 0 Å². The Morgan fingerprint density at radius 1 is 1.42 bits per heavy atom. The van der Waals surface area contributed by atoms with Gasteiger partial charge in [0.05, 0.1) is 0 Å². The lowest BCUT2D eigenvalue weighted by molar-refractivity contribution is 0.306. The molecule has 2 atom stereocenters. The molecule has 5 heteroatoms. The van der Waals surface area contributed by atoms with Crippen LogP contribution in [-0.4, -0.2) is 29.2 Å². The molecule has 1 saturated carbocycles. The standard InChI is InChI=1S/C14H22N4O/c1-10-4-6-17(9-11(10)8-15)13-14(19)18(7-5-16-13)12-2-3-12/h5,7,10-12H,2-4,6,8-9,15H2,1H3. The third-order valence-corrected chi connectivity index (χ3v) is 4.51. The minimum atomic E-state index is 0.0651. The minimum Gasteiger partial charge on any atom is -0.352 e. The molecule has 1 aromatic heterocycles. The first kappa shape index (κ1) is 12.7. The summed E-state index contributed by atoms with van der Waals surface area (Å²) in [5.41, 5.74) is 5.89. The highest BCUT2D eigenvalue weighted by Crippen LogP contribution is 2.33. The van der Waals surface area contributed by atoms with E-state index in [0.717, 1.165) is 32.4 Å². The fourth-order valence-corrected chi connectivity index (χ4v) is 2.92. The molecule has 0 spiro atoms. The molecule has 3 rings (SSSR count). The minimum absolute atomic E-state index is 0.0651. The third kappa shape index (κ3) is 2.39. The molecule has 0 amide bonds. The van der Waals surface area contributed by atoms with Gasteiger partial charge in [0.25, 0.3) is 5.56 Å². The number of hydrogen-bond donors (Lipinski definition) is 1. The van der Waals surface area contributed by atoms with Crippen LogP contribution in [-0.2, 0) is 0 Å². The molecule has 1 aliphatic heterocycles. The fraction of sp³-hybridized carbons (Fsp3) is 0.714. The molecule has 0 radical (unpaired) electrons. The SMILES string of the molecule is CC1CCN(c2nccn(C3CC3)c2=O)CC1CN. The summed E-state index contributed by atoms with van der Waals surface area (Å²) < 4.78 is 1.85. The van der Waals surface area contributed by atoms with Crippen molar-refractivity contribution in [3.05, 3.63) is 22.7 Å². The van der Waals surface area contributed by atoms with Crippen LogP contribution in [0.1, 0.15) is 32.2 Å². The summed E-state index contributed by atoms with van der Waals surface area (Å²) >= 11 is 0. The molecule has 0 bridgehead atoms. The van der Waals surface area contributed by atoms with Gasteiger partial charge in [0, 0.05) is 31.5 Å². The molecule has 2 unspecified atom stereocenters. The van der Waals surface area contributed by atoms with Crippen molar-refractivity contribution in [2.75, 3.05) is 24.5 Å². The van der Waals surface area contributed by atoms with Crippen LogP contribution in [0.15, 0.2) is 17.2 Å². The average Bonchev–Trinajstić information content (AvgIpc) is 3.24. The Labute approximate surface area is 113 Å². The molecule has 1 saturated heterocycles. The van der Waals surface area contributed by atoms with Crippen LogP contribution in [0.5, 0.6) is 0 Å². The molecule has 0 aromatic carbocycles. The van der Waals surface area contributed by atoms with Gasteiger partial charge in [-0.15, -0.1) is 0 Å². The highest BCUT2D eigenvalue weighted by atomic mass is 16.1. The average molecular weight is 262 g/mol. The van der Waals surface area contributed by atoms with Gasteiger partial charge >= 0.3 is 0 Å². The van der Waals surface area contributed by atoms with Gasteiger partial charge in [-0.05, 0) is 37.6 Å². The maximum atomic E-state index is 12.5. The maximum Gasteiger partial charge on any atom is 0.293 e. The zero-order valence-electron chi connectivity index (χ0n) is 11.5. The van der Waals surface area contributed by atoms with Crippen LogP contribution in [0, 0.1) is 11.8 Å². The van der Waals surface area contributed by atoms with E-state index in [1.165, 1.54) is 0 Å². The second-order valence-corrected chi connectivity index (χ2v) is 5.90. The molecule has 2 N–H and O–H groups in total. The molecule has 104 valence electrons. The van der Waals surface area contributed by atoms with Gasteiger partial charge < -0.3 is 15.2 Å². The molecule has 1 aromatic rings. The lowest BCUT2D eigenvalue weighted by atomic mass is 9.87. The van der Waals surface area contributed by atoms with Crippen molar-refractivity contribution in [3.63, 3.8) is 0 Å². The van der Waals surface area contributed by atoms with Crippen molar-refractivity contribution in [1.82, 2.24) is 9.55 Å². The smallest absolute Gasteiger partial charge is 0.293 e. The van der Waals surface area contributed by atoms with Gasteiger partial charge in [0.2, 0.25) is 0 Å². The Bertz CT molecular complexity index is 508. The summed E-state index contributed by atoms with van der Waals surface area (Å²) in [5, 5.41) is 0. The van der Waals surface area contributed by atoms with Crippen LogP contribution in [0.2, 0.25) is 0 Å². The normalized spacial score (nSPS) is 27.6. The second-order valence-electron chi connectivity index (χ2n) is 5.90. The topological polar surface area (TPSA) is 64.2 Å². The van der Waals surface area contributed by atoms with Crippen molar-refractivity contribution >= 4 is 5.82 Å². The second kappa shape index (κ2) is 4.96. The van der Waals surface area contributed by atoms with Crippen molar-refractivity contribution < 1.29 is 0 Å². The predicted octanol–water partition coefficient (Wildman–Crippen LogP) is 0.999. The van der Waals surface area contributed by atoms with E-state index in [1.807, 2.05) is 10.8 Å². The van der Waals surface area contributed by atoms with E-state index in [-0.39, 0.29) is 5.56 Å². The highest BCUT2D eigenvalue weighted by molar-refractivity contribution is 5.36. The Morgan fingerprint density at radius 2 is 2.21 bits per heavy atom. The van der Waals surface area contributed by atoms with Crippen LogP contribution in [0.4, 0.5) is 5.82 Å². The number of hydrogen-bond acceptors (Lipinski definition) is 4. The number of anilines is 1. The van der Waals surface area contributed by atoms with Crippen LogP contribution in [0.25, 0.3) is 0 Å². The number of rotatable bonds is 3. The number of aromatic nitrogens is 2. The van der Waals surface area contributed by atoms with Gasteiger partial charge in [-0.3, -0.25) is 4.79 Å². The Kier molecular flexibility index (Phi) is 3.31. The first-order chi connectivity index (χ1) is 9.20. The van der Waals surface area contributed by atoms with E-state index < -0.39 is 0 Å². The largest absolute Gasteiger partial charge is 0.352 e. The molecule has 5 nitrogen and oxygen atoms in total. The maximum absolute atomic E-state index is 12.5. The fourth-order valence-electron chi connectivity index (χ4n) is 2.92. The van der Waals surface area contributed by atoms with E-state index in [0.29, 0.717) is 30.2 Å². The predicted molar refractivity (Wildman–Crippen MR) is 75.3 cm³/mol.